The number of hydrogen-bond donors (Lipinski definition) is 2. The Morgan fingerprint density at radius 1 is 1.47 bits per heavy atom. The molecule has 2 N–H and O–H groups in total. The Hall–Kier alpha value is -0.770. The first kappa shape index (κ1) is 14.6. The summed E-state index contributed by atoms with van der Waals surface area (Å²) >= 11 is 6.36. The first-order chi connectivity index (χ1) is 8.93. The van der Waals surface area contributed by atoms with Gasteiger partial charge in [-0.05, 0) is 51.4 Å². The maximum absolute atomic E-state index is 10.2. The lowest BCUT2D eigenvalue weighted by Gasteiger charge is -2.38. The van der Waals surface area contributed by atoms with Gasteiger partial charge in [0.2, 0.25) is 0 Å². The zero-order chi connectivity index (χ0) is 14.0. The summed E-state index contributed by atoms with van der Waals surface area (Å²) in [5.74, 6) is 0. The molecule has 2 rings (SSSR count). The van der Waals surface area contributed by atoms with Gasteiger partial charge in [-0.3, -0.25) is 0 Å². The molecule has 0 aromatic heterocycles. The maximum atomic E-state index is 10.2. The molecule has 4 heteroatoms. The van der Waals surface area contributed by atoms with Crippen molar-refractivity contribution < 1.29 is 5.11 Å². The highest BCUT2D eigenvalue weighted by atomic mass is 35.5. The number of nitrogens with one attached hydrogen (secondary N) is 1. The summed E-state index contributed by atoms with van der Waals surface area (Å²) in [6.45, 7) is 5.64. The van der Waals surface area contributed by atoms with Crippen LogP contribution >= 0.6 is 11.6 Å². The van der Waals surface area contributed by atoms with Crippen LogP contribution in [0, 0.1) is 0 Å². The third kappa shape index (κ3) is 3.41. The highest BCUT2D eigenvalue weighted by Gasteiger charge is 2.28. The van der Waals surface area contributed by atoms with Crippen LogP contribution in [0.1, 0.15) is 38.3 Å². The predicted octanol–water partition coefficient (Wildman–Crippen LogP) is 2.97. The van der Waals surface area contributed by atoms with E-state index in [1.165, 1.54) is 0 Å². The third-order valence-electron chi connectivity index (χ3n) is 3.92. The van der Waals surface area contributed by atoms with Crippen LogP contribution in [0.4, 0.5) is 5.69 Å². The first-order valence-corrected chi connectivity index (χ1v) is 7.25. The van der Waals surface area contributed by atoms with E-state index in [1.807, 2.05) is 20.0 Å². The highest BCUT2D eigenvalue weighted by Crippen LogP contribution is 2.31. The van der Waals surface area contributed by atoms with Crippen molar-refractivity contribution in [1.82, 2.24) is 5.32 Å². The zero-order valence-corrected chi connectivity index (χ0v) is 12.7. The van der Waals surface area contributed by atoms with E-state index in [2.05, 4.69) is 29.3 Å². The highest BCUT2D eigenvalue weighted by molar-refractivity contribution is 6.31. The van der Waals surface area contributed by atoms with Crippen molar-refractivity contribution in [3.63, 3.8) is 0 Å². The lowest BCUT2D eigenvalue weighted by atomic mass is 9.94. The van der Waals surface area contributed by atoms with Gasteiger partial charge in [-0.25, -0.2) is 0 Å². The molecular formula is C15H23ClN2O. The lowest BCUT2D eigenvalue weighted by Crippen LogP contribution is -2.46. The number of hydrogen-bond acceptors (Lipinski definition) is 3. The summed E-state index contributed by atoms with van der Waals surface area (Å²) in [6.07, 6.45) is 1.88. The molecule has 1 saturated heterocycles. The van der Waals surface area contributed by atoms with Crippen LogP contribution in [0.2, 0.25) is 5.02 Å². The van der Waals surface area contributed by atoms with Crippen LogP contribution < -0.4 is 10.2 Å². The molecule has 1 aromatic rings. The van der Waals surface area contributed by atoms with Gasteiger partial charge in [0.1, 0.15) is 0 Å². The van der Waals surface area contributed by atoms with E-state index >= 15 is 0 Å². The summed E-state index contributed by atoms with van der Waals surface area (Å²) in [4.78, 5) is 2.21. The molecule has 0 amide bonds. The van der Waals surface area contributed by atoms with Crippen LogP contribution in [0.5, 0.6) is 0 Å². The first-order valence-electron chi connectivity index (χ1n) is 6.87. The molecule has 106 valence electrons. The van der Waals surface area contributed by atoms with Crippen molar-refractivity contribution in [3.05, 3.63) is 28.8 Å². The zero-order valence-electron chi connectivity index (χ0n) is 11.9. The van der Waals surface area contributed by atoms with Crippen LogP contribution in [-0.4, -0.2) is 30.8 Å². The SMILES string of the molecule is CNC(C)c1ccc(N2CCCC(C)(O)C2)cc1Cl. The smallest absolute Gasteiger partial charge is 0.0794 e. The van der Waals surface area contributed by atoms with Gasteiger partial charge in [0.05, 0.1) is 5.60 Å². The van der Waals surface area contributed by atoms with Gasteiger partial charge >= 0.3 is 0 Å². The molecule has 1 heterocycles. The van der Waals surface area contributed by atoms with Crippen molar-refractivity contribution >= 4 is 17.3 Å². The fraction of sp³-hybridized carbons (Fsp3) is 0.600. The van der Waals surface area contributed by atoms with E-state index < -0.39 is 5.60 Å². The second-order valence-corrected chi connectivity index (χ2v) is 6.15. The maximum Gasteiger partial charge on any atom is 0.0794 e. The summed E-state index contributed by atoms with van der Waals surface area (Å²) in [5.41, 5.74) is 1.61. The van der Waals surface area contributed by atoms with Crippen molar-refractivity contribution in [1.29, 1.82) is 0 Å². The molecular weight excluding hydrogens is 260 g/mol. The van der Waals surface area contributed by atoms with E-state index in [0.717, 1.165) is 35.7 Å². The Balaban J connectivity index is 2.20. The minimum absolute atomic E-state index is 0.242. The molecule has 1 aliphatic heterocycles. The topological polar surface area (TPSA) is 35.5 Å². The number of piperidine rings is 1. The quantitative estimate of drug-likeness (QED) is 0.895. The third-order valence-corrected chi connectivity index (χ3v) is 4.25. The van der Waals surface area contributed by atoms with Gasteiger partial charge in [-0.15, -0.1) is 0 Å². The van der Waals surface area contributed by atoms with Gasteiger partial charge in [-0.1, -0.05) is 17.7 Å². The average Bonchev–Trinajstić information content (AvgIpc) is 2.36. The Bertz CT molecular complexity index is 448. The number of benzene rings is 1. The van der Waals surface area contributed by atoms with E-state index in [9.17, 15) is 5.11 Å². The normalized spacial score (nSPS) is 25.4. The second-order valence-electron chi connectivity index (χ2n) is 5.74. The van der Waals surface area contributed by atoms with Crippen LogP contribution in [0.15, 0.2) is 18.2 Å². The Labute approximate surface area is 120 Å². The molecule has 1 aliphatic rings. The number of halogens is 1. The molecule has 1 aromatic carbocycles. The Morgan fingerprint density at radius 3 is 2.79 bits per heavy atom. The molecule has 0 spiro atoms. The van der Waals surface area contributed by atoms with E-state index in [1.54, 1.807) is 0 Å². The Kier molecular flexibility index (Phi) is 4.39. The van der Waals surface area contributed by atoms with Crippen molar-refractivity contribution in [2.24, 2.45) is 0 Å². The number of anilines is 1. The number of β-amino-alcohol motifs (C(OH)–C–C–N with tert-alkyl or cyclic N) is 1. The van der Waals surface area contributed by atoms with Gasteiger partial charge in [-0.2, -0.15) is 0 Å². The minimum atomic E-state index is -0.596. The average molecular weight is 283 g/mol. The van der Waals surface area contributed by atoms with Gasteiger partial charge in [0.15, 0.2) is 0 Å². The van der Waals surface area contributed by atoms with Crippen molar-refractivity contribution in [2.45, 2.75) is 38.3 Å². The van der Waals surface area contributed by atoms with Crippen LogP contribution in [0.25, 0.3) is 0 Å². The van der Waals surface area contributed by atoms with E-state index in [-0.39, 0.29) is 6.04 Å². The van der Waals surface area contributed by atoms with Crippen molar-refractivity contribution in [3.8, 4) is 0 Å². The van der Waals surface area contributed by atoms with Gasteiger partial charge in [0.25, 0.3) is 0 Å². The van der Waals surface area contributed by atoms with E-state index in [4.69, 9.17) is 11.6 Å². The standard InChI is InChI=1S/C15H23ClN2O/c1-11(17-3)13-6-5-12(9-14(13)16)18-8-4-7-15(2,19)10-18/h5-6,9,11,17,19H,4,7-8,10H2,1-3H3. The fourth-order valence-electron chi connectivity index (χ4n) is 2.66. The Morgan fingerprint density at radius 2 is 2.21 bits per heavy atom. The van der Waals surface area contributed by atoms with Gasteiger partial charge < -0.3 is 15.3 Å². The largest absolute Gasteiger partial charge is 0.388 e. The van der Waals surface area contributed by atoms with Crippen LogP contribution in [0.3, 0.4) is 0 Å². The molecule has 0 saturated carbocycles. The molecule has 0 bridgehead atoms. The second kappa shape index (κ2) is 5.70. The molecule has 3 nitrogen and oxygen atoms in total. The minimum Gasteiger partial charge on any atom is -0.388 e. The number of aliphatic hydroxyl groups is 1. The summed E-state index contributed by atoms with van der Waals surface area (Å²) in [5, 5.41) is 14.1. The molecule has 2 atom stereocenters. The predicted molar refractivity (Wildman–Crippen MR) is 81.0 cm³/mol. The number of nitrogens with zero attached hydrogens (tertiary/aromatic N) is 1. The lowest BCUT2D eigenvalue weighted by molar-refractivity contribution is 0.0449. The van der Waals surface area contributed by atoms with Gasteiger partial charge in [0, 0.05) is 29.8 Å². The molecule has 0 radical (unpaired) electrons. The van der Waals surface area contributed by atoms with E-state index in [0.29, 0.717) is 6.54 Å². The van der Waals surface area contributed by atoms with Crippen molar-refractivity contribution in [2.75, 3.05) is 25.0 Å². The summed E-state index contributed by atoms with van der Waals surface area (Å²) in [6, 6.07) is 6.41. The van der Waals surface area contributed by atoms with Crippen LogP contribution in [-0.2, 0) is 0 Å². The monoisotopic (exact) mass is 282 g/mol. The summed E-state index contributed by atoms with van der Waals surface area (Å²) in [7, 11) is 1.93. The fourth-order valence-corrected chi connectivity index (χ4v) is 3.00. The number of rotatable bonds is 3. The summed E-state index contributed by atoms with van der Waals surface area (Å²) < 4.78 is 0. The molecule has 19 heavy (non-hydrogen) atoms. The molecule has 0 aliphatic carbocycles. The molecule has 2 unspecified atom stereocenters. The molecule has 1 fully saturated rings.